The van der Waals surface area contributed by atoms with E-state index in [9.17, 15) is 9.59 Å². The number of hydrogen-bond acceptors (Lipinski definition) is 7. The van der Waals surface area contributed by atoms with E-state index in [0.29, 0.717) is 42.6 Å². The number of thiophene rings is 1. The van der Waals surface area contributed by atoms with Crippen molar-refractivity contribution < 1.29 is 23.8 Å². The average Bonchev–Trinajstić information content (AvgIpc) is 3.21. The molecule has 0 radical (unpaired) electrons. The molecule has 3 rings (SSSR count). The minimum Gasteiger partial charge on any atom is -0.462 e. The van der Waals surface area contributed by atoms with Crippen molar-refractivity contribution >= 4 is 40.0 Å². The van der Waals surface area contributed by atoms with E-state index in [4.69, 9.17) is 25.8 Å². The molecule has 7 nitrogen and oxygen atoms in total. The Labute approximate surface area is 210 Å². The molecule has 0 bridgehead atoms. The zero-order chi connectivity index (χ0) is 24.7. The number of morpholine rings is 1. The van der Waals surface area contributed by atoms with Gasteiger partial charge in [-0.2, -0.15) is 0 Å². The third-order valence-corrected chi connectivity index (χ3v) is 6.72. The van der Waals surface area contributed by atoms with Crippen LogP contribution in [0.15, 0.2) is 30.3 Å². The maximum absolute atomic E-state index is 12.7. The van der Waals surface area contributed by atoms with E-state index in [1.165, 1.54) is 11.3 Å². The number of nitrogens with zero attached hydrogens (tertiary/aromatic N) is 1. The summed E-state index contributed by atoms with van der Waals surface area (Å²) in [6.45, 7) is 10.5. The van der Waals surface area contributed by atoms with Crippen LogP contribution >= 0.6 is 22.9 Å². The normalized spacial score (nSPS) is 15.0. The summed E-state index contributed by atoms with van der Waals surface area (Å²) >= 11 is 7.52. The monoisotopic (exact) mass is 508 g/mol. The highest BCUT2D eigenvalue weighted by atomic mass is 35.5. The molecular formula is C25H33ClN2O5S. The number of esters is 1. The van der Waals surface area contributed by atoms with Crippen molar-refractivity contribution in [3.05, 3.63) is 51.4 Å². The molecule has 0 spiro atoms. The number of carbonyl (C=O) groups excluding carboxylic acids is 2. The second-order valence-electron chi connectivity index (χ2n) is 9.05. The van der Waals surface area contributed by atoms with Crippen molar-refractivity contribution in [2.45, 2.75) is 52.2 Å². The molecular weight excluding hydrogens is 476 g/mol. The van der Waals surface area contributed by atoms with Gasteiger partial charge in [-0.1, -0.05) is 23.7 Å². The van der Waals surface area contributed by atoms with Gasteiger partial charge < -0.3 is 24.4 Å². The summed E-state index contributed by atoms with van der Waals surface area (Å²) < 4.78 is 16.3. The fourth-order valence-corrected chi connectivity index (χ4v) is 4.96. The van der Waals surface area contributed by atoms with Gasteiger partial charge in [0.25, 0.3) is 0 Å². The maximum Gasteiger partial charge on any atom is 0.408 e. The lowest BCUT2D eigenvalue weighted by atomic mass is 9.99. The molecule has 1 amide bonds. The Morgan fingerprint density at radius 2 is 1.88 bits per heavy atom. The largest absolute Gasteiger partial charge is 0.462 e. The number of nitrogens with one attached hydrogen (secondary N) is 1. The quantitative estimate of drug-likeness (QED) is 0.467. The molecule has 186 valence electrons. The zero-order valence-corrected chi connectivity index (χ0v) is 21.8. The molecule has 1 aromatic heterocycles. The third-order valence-electron chi connectivity index (χ3n) is 5.25. The Morgan fingerprint density at radius 1 is 1.21 bits per heavy atom. The molecule has 0 saturated carbocycles. The number of aryl methyl sites for hydroxylation is 1. The number of amides is 1. The molecule has 1 N–H and O–H groups in total. The number of alkyl carbamates (subject to hydrolysis) is 1. The molecule has 1 fully saturated rings. The summed E-state index contributed by atoms with van der Waals surface area (Å²) in [4.78, 5) is 28.1. The number of benzene rings is 1. The molecule has 2 aromatic rings. The van der Waals surface area contributed by atoms with Gasteiger partial charge in [0.1, 0.15) is 10.5 Å². The van der Waals surface area contributed by atoms with Crippen LogP contribution in [0.1, 0.15) is 61.0 Å². The van der Waals surface area contributed by atoms with E-state index >= 15 is 0 Å². The van der Waals surface area contributed by atoms with E-state index in [1.54, 1.807) is 19.1 Å². The highest BCUT2D eigenvalue weighted by molar-refractivity contribution is 7.18. The van der Waals surface area contributed by atoms with Crippen LogP contribution in [-0.4, -0.2) is 50.6 Å². The summed E-state index contributed by atoms with van der Waals surface area (Å²) in [6.07, 6.45) is 0.669. The topological polar surface area (TPSA) is 77.1 Å². The minimum atomic E-state index is -0.605. The fourth-order valence-electron chi connectivity index (χ4n) is 3.68. The molecule has 1 aliphatic rings. The highest BCUT2D eigenvalue weighted by Gasteiger charge is 2.24. The van der Waals surface area contributed by atoms with Crippen LogP contribution in [0.3, 0.4) is 0 Å². The van der Waals surface area contributed by atoms with Gasteiger partial charge in [0.15, 0.2) is 0 Å². The van der Waals surface area contributed by atoms with E-state index in [2.05, 4.69) is 16.3 Å². The lowest BCUT2D eigenvalue weighted by molar-refractivity contribution is 0.0495. The molecule has 9 heteroatoms. The van der Waals surface area contributed by atoms with Gasteiger partial charge >= 0.3 is 12.1 Å². The molecule has 0 aliphatic carbocycles. The molecule has 34 heavy (non-hydrogen) atoms. The third kappa shape index (κ3) is 7.61. The van der Waals surface area contributed by atoms with Crippen molar-refractivity contribution in [1.82, 2.24) is 5.32 Å². The number of anilines is 1. The van der Waals surface area contributed by atoms with Crippen LogP contribution in [0, 0.1) is 0 Å². The van der Waals surface area contributed by atoms with Crippen LogP contribution in [0.5, 0.6) is 0 Å². The molecule has 1 atom stereocenters. The first kappa shape index (κ1) is 26.3. The van der Waals surface area contributed by atoms with E-state index in [0.717, 1.165) is 29.2 Å². The predicted molar refractivity (Wildman–Crippen MR) is 135 cm³/mol. The SMILES string of the molecule is CCOC(=O)c1sc(N2CCOCC2)cc1CCC(NC(=O)OC(C)(C)C)c1ccc(Cl)cc1. The zero-order valence-electron chi connectivity index (χ0n) is 20.2. The van der Waals surface area contributed by atoms with Gasteiger partial charge in [-0.05, 0) is 69.9 Å². The molecule has 1 aliphatic heterocycles. The molecule has 1 saturated heterocycles. The van der Waals surface area contributed by atoms with Gasteiger partial charge in [-0.25, -0.2) is 9.59 Å². The Balaban J connectivity index is 1.82. The van der Waals surface area contributed by atoms with Crippen LogP contribution < -0.4 is 10.2 Å². The van der Waals surface area contributed by atoms with Crippen LogP contribution in [0.4, 0.5) is 9.80 Å². The van der Waals surface area contributed by atoms with Crippen molar-refractivity contribution in [2.75, 3.05) is 37.8 Å². The van der Waals surface area contributed by atoms with Gasteiger partial charge in [0, 0.05) is 18.1 Å². The first-order valence-electron chi connectivity index (χ1n) is 11.5. The van der Waals surface area contributed by atoms with Crippen molar-refractivity contribution in [3.63, 3.8) is 0 Å². The number of carbonyl (C=O) groups is 2. The van der Waals surface area contributed by atoms with E-state index in [-0.39, 0.29) is 12.0 Å². The first-order chi connectivity index (χ1) is 16.2. The fraction of sp³-hybridized carbons (Fsp3) is 0.520. The standard InChI is InChI=1S/C25H33ClN2O5S/c1-5-32-23(29)22-18(16-21(34-22)28-12-14-31-15-13-28)8-11-20(17-6-9-19(26)10-7-17)27-24(30)33-25(2,3)4/h6-7,9-10,16,20H,5,8,11-15H2,1-4H3,(H,27,30). The van der Waals surface area contributed by atoms with Crippen molar-refractivity contribution in [2.24, 2.45) is 0 Å². The summed E-state index contributed by atoms with van der Waals surface area (Å²) in [6, 6.07) is 9.13. The molecule has 1 aromatic carbocycles. The summed E-state index contributed by atoms with van der Waals surface area (Å²) in [5, 5.41) is 4.63. The lowest BCUT2D eigenvalue weighted by Crippen LogP contribution is -2.35. The molecule has 2 heterocycles. The first-order valence-corrected chi connectivity index (χ1v) is 12.7. The second-order valence-corrected chi connectivity index (χ2v) is 10.5. The molecule has 1 unspecified atom stereocenters. The smallest absolute Gasteiger partial charge is 0.408 e. The number of hydrogen-bond donors (Lipinski definition) is 1. The lowest BCUT2D eigenvalue weighted by Gasteiger charge is -2.27. The van der Waals surface area contributed by atoms with Crippen LogP contribution in [-0.2, 0) is 20.6 Å². The summed E-state index contributed by atoms with van der Waals surface area (Å²) in [5.74, 6) is -0.315. The van der Waals surface area contributed by atoms with E-state index in [1.807, 2.05) is 32.9 Å². The van der Waals surface area contributed by atoms with E-state index < -0.39 is 11.7 Å². The Morgan fingerprint density at radius 3 is 2.50 bits per heavy atom. The Bertz CT molecular complexity index is 965. The van der Waals surface area contributed by atoms with Gasteiger partial charge in [-0.15, -0.1) is 11.3 Å². The Kier molecular flexibility index (Phi) is 9.22. The summed E-state index contributed by atoms with van der Waals surface area (Å²) in [7, 11) is 0. The van der Waals surface area contributed by atoms with Gasteiger partial charge in [0.2, 0.25) is 0 Å². The summed E-state index contributed by atoms with van der Waals surface area (Å²) in [5.41, 5.74) is 1.22. The van der Waals surface area contributed by atoms with Crippen LogP contribution in [0.2, 0.25) is 5.02 Å². The predicted octanol–water partition coefficient (Wildman–Crippen LogP) is 5.61. The van der Waals surface area contributed by atoms with Gasteiger partial charge in [0.05, 0.1) is 30.9 Å². The van der Waals surface area contributed by atoms with Gasteiger partial charge in [-0.3, -0.25) is 0 Å². The average molecular weight is 509 g/mol. The highest BCUT2D eigenvalue weighted by Crippen LogP contribution is 2.34. The van der Waals surface area contributed by atoms with Crippen molar-refractivity contribution in [3.8, 4) is 0 Å². The maximum atomic E-state index is 12.7. The van der Waals surface area contributed by atoms with Crippen molar-refractivity contribution in [1.29, 1.82) is 0 Å². The number of halogens is 1. The minimum absolute atomic E-state index is 0.311. The Hall–Kier alpha value is -2.29. The number of rotatable bonds is 8. The second kappa shape index (κ2) is 11.9. The van der Waals surface area contributed by atoms with Crippen LogP contribution in [0.25, 0.3) is 0 Å². The number of ether oxygens (including phenoxy) is 3.